The quantitative estimate of drug-likeness (QED) is 0.197. The van der Waals surface area contributed by atoms with Gasteiger partial charge in [0.2, 0.25) is 17.7 Å². The van der Waals surface area contributed by atoms with Crippen molar-refractivity contribution in [1.82, 2.24) is 20.9 Å². The van der Waals surface area contributed by atoms with Crippen LogP contribution in [-0.2, 0) is 32.0 Å². The molecule has 0 radical (unpaired) electrons. The number of aliphatic carboxylic acids is 1. The number of phenols is 1. The maximum atomic E-state index is 13.2. The van der Waals surface area contributed by atoms with Crippen LogP contribution in [0.15, 0.2) is 54.7 Å². The smallest absolute Gasteiger partial charge is 0.322 e. The zero-order chi connectivity index (χ0) is 25.4. The number of H-pyrrole nitrogens is 1. The summed E-state index contributed by atoms with van der Waals surface area (Å²) in [4.78, 5) is 52.0. The van der Waals surface area contributed by atoms with Gasteiger partial charge >= 0.3 is 5.97 Å². The highest BCUT2D eigenvalue weighted by atomic mass is 16.4. The first-order valence-corrected chi connectivity index (χ1v) is 10.9. The topological polar surface area (TPSA) is 187 Å². The number of hydrogen-bond acceptors (Lipinski definition) is 6. The molecule has 0 fully saturated rings. The Balaban J connectivity index is 1.83. The lowest BCUT2D eigenvalue weighted by atomic mass is 10.0. The molecule has 0 saturated carbocycles. The van der Waals surface area contributed by atoms with Crippen molar-refractivity contribution in [3.05, 3.63) is 65.9 Å². The van der Waals surface area contributed by atoms with Crippen molar-refractivity contribution in [1.29, 1.82) is 0 Å². The average Bonchev–Trinajstić information content (AvgIpc) is 3.25. The predicted molar refractivity (Wildman–Crippen MR) is 127 cm³/mol. The van der Waals surface area contributed by atoms with Crippen LogP contribution in [-0.4, -0.2) is 64.1 Å². The lowest BCUT2D eigenvalue weighted by Gasteiger charge is -2.23. The standard InChI is InChI=1S/C24H27N5O6/c25-11-21(31)28-19(9-14-5-7-16(30)8-6-14)24(35)29-20(23(34)27-13-22(32)33)10-15-12-26-18-4-2-1-3-17(15)18/h1-8,12,19-20,26,30H,9-11,13,25H2,(H,27,34)(H,28,31)(H,29,35)(H,32,33). The first-order chi connectivity index (χ1) is 16.8. The number of hydrogen-bond donors (Lipinski definition) is 7. The van der Waals surface area contributed by atoms with Crippen molar-refractivity contribution < 1.29 is 29.4 Å². The van der Waals surface area contributed by atoms with Crippen LogP contribution >= 0.6 is 0 Å². The van der Waals surface area contributed by atoms with E-state index in [0.717, 1.165) is 16.5 Å². The Morgan fingerprint density at radius 1 is 0.914 bits per heavy atom. The minimum atomic E-state index is -1.23. The number of phenolic OH excluding ortho intramolecular Hbond substituents is 1. The van der Waals surface area contributed by atoms with Gasteiger partial charge in [-0.25, -0.2) is 0 Å². The maximum Gasteiger partial charge on any atom is 0.322 e. The Kier molecular flexibility index (Phi) is 8.41. The third-order valence-electron chi connectivity index (χ3n) is 5.36. The number of amides is 3. The van der Waals surface area contributed by atoms with Gasteiger partial charge in [-0.3, -0.25) is 19.2 Å². The number of fused-ring (bicyclic) bond motifs is 1. The summed E-state index contributed by atoms with van der Waals surface area (Å²) in [7, 11) is 0. The van der Waals surface area contributed by atoms with E-state index in [2.05, 4.69) is 20.9 Å². The highest BCUT2D eigenvalue weighted by molar-refractivity contribution is 5.94. The molecule has 1 aromatic heterocycles. The lowest BCUT2D eigenvalue weighted by molar-refractivity contribution is -0.138. The van der Waals surface area contributed by atoms with Crippen LogP contribution in [0.5, 0.6) is 5.75 Å². The fraction of sp³-hybridized carbons (Fsp3) is 0.250. The predicted octanol–water partition coefficient (Wildman–Crippen LogP) is -0.212. The molecule has 0 aliphatic rings. The number of carboxylic acids is 1. The van der Waals surface area contributed by atoms with E-state index in [-0.39, 0.29) is 25.1 Å². The molecule has 2 unspecified atom stereocenters. The highest BCUT2D eigenvalue weighted by Gasteiger charge is 2.28. The van der Waals surface area contributed by atoms with Crippen LogP contribution in [0.1, 0.15) is 11.1 Å². The van der Waals surface area contributed by atoms with Gasteiger partial charge in [0.15, 0.2) is 0 Å². The number of carbonyl (C=O) groups excluding carboxylic acids is 3. The SMILES string of the molecule is NCC(=O)NC(Cc1ccc(O)cc1)C(=O)NC(Cc1c[nH]c2ccccc12)C(=O)NCC(=O)O. The van der Waals surface area contributed by atoms with Crippen LogP contribution in [0.25, 0.3) is 10.9 Å². The number of nitrogens with one attached hydrogen (secondary N) is 4. The third kappa shape index (κ3) is 7.05. The zero-order valence-corrected chi connectivity index (χ0v) is 18.8. The summed E-state index contributed by atoms with van der Waals surface area (Å²) >= 11 is 0. The second-order valence-corrected chi connectivity index (χ2v) is 7.93. The van der Waals surface area contributed by atoms with Crippen molar-refractivity contribution in [3.63, 3.8) is 0 Å². The summed E-state index contributed by atoms with van der Waals surface area (Å²) in [6, 6.07) is 11.4. The van der Waals surface area contributed by atoms with E-state index in [9.17, 15) is 24.3 Å². The number of aromatic hydroxyl groups is 1. The van der Waals surface area contributed by atoms with Gasteiger partial charge in [0.25, 0.3) is 0 Å². The molecule has 0 aliphatic heterocycles. The second kappa shape index (κ2) is 11.7. The summed E-state index contributed by atoms with van der Waals surface area (Å²) in [6.45, 7) is -0.947. The molecule has 3 amide bonds. The van der Waals surface area contributed by atoms with E-state index < -0.39 is 42.3 Å². The van der Waals surface area contributed by atoms with E-state index >= 15 is 0 Å². The molecule has 2 aromatic carbocycles. The van der Waals surface area contributed by atoms with E-state index in [1.807, 2.05) is 24.3 Å². The summed E-state index contributed by atoms with van der Waals surface area (Å²) in [5, 5.41) is 26.8. The molecule has 1 heterocycles. The van der Waals surface area contributed by atoms with Gasteiger partial charge in [0.05, 0.1) is 6.54 Å². The van der Waals surface area contributed by atoms with Crippen molar-refractivity contribution in [2.24, 2.45) is 5.73 Å². The Hall–Kier alpha value is -4.38. The molecule has 184 valence electrons. The zero-order valence-electron chi connectivity index (χ0n) is 18.8. The molecule has 0 saturated heterocycles. The monoisotopic (exact) mass is 481 g/mol. The van der Waals surface area contributed by atoms with E-state index in [1.165, 1.54) is 12.1 Å². The Labute approximate surface area is 200 Å². The fourth-order valence-corrected chi connectivity index (χ4v) is 3.62. The first-order valence-electron chi connectivity index (χ1n) is 10.9. The van der Waals surface area contributed by atoms with E-state index in [4.69, 9.17) is 10.8 Å². The van der Waals surface area contributed by atoms with Crippen molar-refractivity contribution in [2.45, 2.75) is 24.9 Å². The molecule has 11 nitrogen and oxygen atoms in total. The summed E-state index contributed by atoms with van der Waals surface area (Å²) < 4.78 is 0. The minimum absolute atomic E-state index is 0.0506. The van der Waals surface area contributed by atoms with Gasteiger partial charge in [-0.15, -0.1) is 0 Å². The number of rotatable bonds is 11. The largest absolute Gasteiger partial charge is 0.508 e. The Bertz CT molecular complexity index is 1210. The fourth-order valence-electron chi connectivity index (χ4n) is 3.62. The number of para-hydroxylation sites is 1. The molecule has 0 aliphatic carbocycles. The van der Waals surface area contributed by atoms with Crippen molar-refractivity contribution in [3.8, 4) is 5.75 Å². The summed E-state index contributed by atoms with van der Waals surface area (Å²) in [5.41, 5.74) is 7.64. The third-order valence-corrected chi connectivity index (χ3v) is 5.36. The molecule has 8 N–H and O–H groups in total. The van der Waals surface area contributed by atoms with Crippen LogP contribution in [0, 0.1) is 0 Å². The molecule has 3 rings (SSSR count). The highest BCUT2D eigenvalue weighted by Crippen LogP contribution is 2.19. The van der Waals surface area contributed by atoms with E-state index in [1.54, 1.807) is 18.3 Å². The lowest BCUT2D eigenvalue weighted by Crippen LogP contribution is -2.56. The molecule has 2 atom stereocenters. The number of carboxylic acid groups (broad SMARTS) is 1. The summed E-state index contributed by atoms with van der Waals surface area (Å²) in [5.74, 6) is -3.06. The Morgan fingerprint density at radius 2 is 1.60 bits per heavy atom. The van der Waals surface area contributed by atoms with Gasteiger partial charge in [-0.05, 0) is 29.3 Å². The number of aromatic amines is 1. The number of benzene rings is 2. The van der Waals surface area contributed by atoms with Crippen LogP contribution in [0.4, 0.5) is 0 Å². The van der Waals surface area contributed by atoms with Crippen LogP contribution < -0.4 is 21.7 Å². The van der Waals surface area contributed by atoms with Gasteiger partial charge < -0.3 is 36.9 Å². The van der Waals surface area contributed by atoms with Crippen molar-refractivity contribution >= 4 is 34.6 Å². The minimum Gasteiger partial charge on any atom is -0.508 e. The van der Waals surface area contributed by atoms with E-state index in [0.29, 0.717) is 5.56 Å². The second-order valence-electron chi connectivity index (χ2n) is 7.93. The molecule has 35 heavy (non-hydrogen) atoms. The molecular weight excluding hydrogens is 454 g/mol. The average molecular weight is 482 g/mol. The normalized spacial score (nSPS) is 12.5. The summed E-state index contributed by atoms with van der Waals surface area (Å²) in [6.07, 6.45) is 1.88. The maximum absolute atomic E-state index is 13.2. The molecular formula is C24H27N5O6. The first kappa shape index (κ1) is 25.2. The number of carbonyl (C=O) groups is 4. The van der Waals surface area contributed by atoms with Gasteiger partial charge in [0, 0.05) is 29.9 Å². The molecule has 0 bridgehead atoms. The number of nitrogens with two attached hydrogens (primary N) is 1. The van der Waals surface area contributed by atoms with Crippen molar-refractivity contribution in [2.75, 3.05) is 13.1 Å². The molecule has 11 heteroatoms. The van der Waals surface area contributed by atoms with Crippen LogP contribution in [0.2, 0.25) is 0 Å². The number of aromatic nitrogens is 1. The van der Waals surface area contributed by atoms with Gasteiger partial charge in [-0.2, -0.15) is 0 Å². The van der Waals surface area contributed by atoms with Gasteiger partial charge in [-0.1, -0.05) is 30.3 Å². The molecule has 0 spiro atoms. The molecule has 3 aromatic rings. The van der Waals surface area contributed by atoms with Gasteiger partial charge in [0.1, 0.15) is 24.4 Å². The Morgan fingerprint density at radius 3 is 2.29 bits per heavy atom. The van der Waals surface area contributed by atoms with Crippen LogP contribution in [0.3, 0.4) is 0 Å².